The molecule has 0 atom stereocenters. The fraction of sp³-hybridized carbons (Fsp3) is 0.185. The summed E-state index contributed by atoms with van der Waals surface area (Å²) < 4.78 is 20.7. The molecule has 0 saturated carbocycles. The summed E-state index contributed by atoms with van der Waals surface area (Å²) in [5.74, 6) is -0.218. The van der Waals surface area contributed by atoms with Gasteiger partial charge in [0.15, 0.2) is 0 Å². The van der Waals surface area contributed by atoms with Crippen molar-refractivity contribution in [3.63, 3.8) is 0 Å². The molecule has 0 spiro atoms. The van der Waals surface area contributed by atoms with E-state index in [1.807, 2.05) is 39.0 Å². The van der Waals surface area contributed by atoms with Gasteiger partial charge >= 0.3 is 0 Å². The lowest BCUT2D eigenvalue weighted by atomic mass is 10.0. The molecular formula is C27H24BrFN2O2. The maximum Gasteiger partial charge on any atom is 0.266 e. The number of rotatable bonds is 7. The Kier molecular flexibility index (Phi) is 8.02. The highest BCUT2D eigenvalue weighted by molar-refractivity contribution is 9.10. The van der Waals surface area contributed by atoms with Crippen LogP contribution in [-0.2, 0) is 11.2 Å². The summed E-state index contributed by atoms with van der Waals surface area (Å²) in [4.78, 5) is 12.7. The number of hydrogen-bond acceptors (Lipinski definition) is 3. The zero-order valence-corrected chi connectivity index (χ0v) is 20.3. The molecule has 0 heterocycles. The minimum atomic E-state index is -0.495. The summed E-state index contributed by atoms with van der Waals surface area (Å²) in [6.45, 7) is 6.23. The van der Waals surface area contributed by atoms with Crippen molar-refractivity contribution >= 4 is 33.6 Å². The average Bonchev–Trinajstić information content (AvgIpc) is 2.78. The number of carbonyl (C=O) groups excluding carboxylic acids is 1. The molecule has 1 amide bonds. The number of aryl methyl sites for hydroxylation is 2. The van der Waals surface area contributed by atoms with Crippen molar-refractivity contribution in [3.05, 3.63) is 98.3 Å². The highest BCUT2D eigenvalue weighted by atomic mass is 79.9. The van der Waals surface area contributed by atoms with Gasteiger partial charge < -0.3 is 10.1 Å². The third-order valence-electron chi connectivity index (χ3n) is 5.24. The first-order valence-electron chi connectivity index (χ1n) is 10.5. The fourth-order valence-corrected chi connectivity index (χ4v) is 3.94. The third-order valence-corrected chi connectivity index (χ3v) is 5.95. The van der Waals surface area contributed by atoms with E-state index in [4.69, 9.17) is 4.74 Å². The molecule has 4 nitrogen and oxygen atoms in total. The lowest BCUT2D eigenvalue weighted by molar-refractivity contribution is -0.112. The Bertz CT molecular complexity index is 1260. The van der Waals surface area contributed by atoms with Crippen LogP contribution in [0.25, 0.3) is 6.08 Å². The Morgan fingerprint density at radius 3 is 2.58 bits per heavy atom. The highest BCUT2D eigenvalue weighted by Gasteiger charge is 2.15. The summed E-state index contributed by atoms with van der Waals surface area (Å²) in [6.07, 6.45) is 1.85. The van der Waals surface area contributed by atoms with E-state index < -0.39 is 5.91 Å². The zero-order valence-electron chi connectivity index (χ0n) is 18.7. The number of ether oxygens (including phenoxy) is 1. The molecule has 3 aromatic carbocycles. The van der Waals surface area contributed by atoms with E-state index in [2.05, 4.69) is 21.2 Å². The first kappa shape index (κ1) is 24.2. The van der Waals surface area contributed by atoms with Gasteiger partial charge in [-0.2, -0.15) is 5.26 Å². The Morgan fingerprint density at radius 1 is 1.15 bits per heavy atom. The van der Waals surface area contributed by atoms with Crippen molar-refractivity contribution in [1.82, 2.24) is 0 Å². The molecule has 0 aliphatic rings. The van der Waals surface area contributed by atoms with Crippen LogP contribution in [0.1, 0.15) is 34.7 Å². The van der Waals surface area contributed by atoms with E-state index >= 15 is 0 Å². The smallest absolute Gasteiger partial charge is 0.266 e. The van der Waals surface area contributed by atoms with Crippen LogP contribution >= 0.6 is 15.9 Å². The summed E-state index contributed by atoms with van der Waals surface area (Å²) in [7, 11) is 0. The quantitative estimate of drug-likeness (QED) is 0.285. The molecule has 0 fully saturated rings. The maximum absolute atomic E-state index is 14.2. The fourth-order valence-electron chi connectivity index (χ4n) is 3.34. The number of nitrogens with zero attached hydrogens (tertiary/aromatic N) is 1. The van der Waals surface area contributed by atoms with Crippen LogP contribution < -0.4 is 10.1 Å². The Labute approximate surface area is 201 Å². The topological polar surface area (TPSA) is 62.1 Å². The van der Waals surface area contributed by atoms with Gasteiger partial charge in [0.2, 0.25) is 0 Å². The molecule has 0 bridgehead atoms. The van der Waals surface area contributed by atoms with Crippen molar-refractivity contribution in [1.29, 1.82) is 5.26 Å². The molecule has 6 heteroatoms. The minimum absolute atomic E-state index is 0.0376. The van der Waals surface area contributed by atoms with E-state index in [9.17, 15) is 14.4 Å². The van der Waals surface area contributed by atoms with Crippen LogP contribution in [0.4, 0.5) is 10.1 Å². The number of amides is 1. The lowest BCUT2D eigenvalue weighted by Gasteiger charge is -2.14. The number of carbonyl (C=O) groups is 1. The van der Waals surface area contributed by atoms with Crippen molar-refractivity contribution in [2.45, 2.75) is 27.2 Å². The molecule has 0 aliphatic heterocycles. The van der Waals surface area contributed by atoms with E-state index in [0.29, 0.717) is 40.1 Å². The summed E-state index contributed by atoms with van der Waals surface area (Å²) in [6, 6.07) is 17.7. The predicted octanol–water partition coefficient (Wildman–Crippen LogP) is 6.74. The second kappa shape index (κ2) is 10.9. The zero-order chi connectivity index (χ0) is 24.0. The number of hydrogen-bond donors (Lipinski definition) is 1. The predicted molar refractivity (Wildman–Crippen MR) is 133 cm³/mol. The van der Waals surface area contributed by atoms with Gasteiger partial charge in [-0.25, -0.2) is 4.39 Å². The first-order chi connectivity index (χ1) is 15.8. The molecule has 3 aromatic rings. The monoisotopic (exact) mass is 506 g/mol. The Morgan fingerprint density at radius 2 is 1.91 bits per heavy atom. The van der Waals surface area contributed by atoms with Crippen molar-refractivity contribution < 1.29 is 13.9 Å². The van der Waals surface area contributed by atoms with Gasteiger partial charge in [0, 0.05) is 22.1 Å². The standard InChI is InChI=1S/C27H24BrFN2O2/c1-4-33-26-14-19(13-24(28)23(26)15-20-7-5-6-8-25(20)29)12-21(16-30)27(32)31-22-10-9-17(2)18(3)11-22/h5-14H,4,15H2,1-3H3,(H,31,32)/b21-12+. The molecule has 0 radical (unpaired) electrons. The number of benzene rings is 3. The normalized spacial score (nSPS) is 11.1. The summed E-state index contributed by atoms with van der Waals surface area (Å²) in [5, 5.41) is 12.4. The summed E-state index contributed by atoms with van der Waals surface area (Å²) >= 11 is 3.55. The van der Waals surface area contributed by atoms with Crippen LogP contribution in [0, 0.1) is 31.0 Å². The van der Waals surface area contributed by atoms with Gasteiger partial charge in [0.1, 0.15) is 23.2 Å². The first-order valence-corrected chi connectivity index (χ1v) is 11.3. The van der Waals surface area contributed by atoms with Crippen LogP contribution in [0.3, 0.4) is 0 Å². The maximum atomic E-state index is 14.2. The molecule has 168 valence electrons. The molecule has 0 saturated heterocycles. The molecule has 1 N–H and O–H groups in total. The van der Waals surface area contributed by atoms with Crippen molar-refractivity contribution in [2.24, 2.45) is 0 Å². The molecule has 0 unspecified atom stereocenters. The third kappa shape index (κ3) is 6.09. The molecule has 3 rings (SSSR count). The lowest BCUT2D eigenvalue weighted by Crippen LogP contribution is -2.13. The van der Waals surface area contributed by atoms with E-state index in [1.54, 1.807) is 36.4 Å². The van der Waals surface area contributed by atoms with Gasteiger partial charge in [-0.1, -0.05) is 40.2 Å². The van der Waals surface area contributed by atoms with Gasteiger partial charge in [-0.05, 0) is 79.4 Å². The van der Waals surface area contributed by atoms with Crippen molar-refractivity contribution in [2.75, 3.05) is 11.9 Å². The van der Waals surface area contributed by atoms with Crippen LogP contribution in [0.15, 0.2) is 64.6 Å². The average molecular weight is 507 g/mol. The number of nitrogens with one attached hydrogen (secondary N) is 1. The molecule has 0 aromatic heterocycles. The van der Waals surface area contributed by atoms with Gasteiger partial charge in [-0.3, -0.25) is 4.79 Å². The van der Waals surface area contributed by atoms with Crippen LogP contribution in [0.5, 0.6) is 5.75 Å². The second-order valence-electron chi connectivity index (χ2n) is 7.60. The van der Waals surface area contributed by atoms with E-state index in [1.165, 1.54) is 12.1 Å². The van der Waals surface area contributed by atoms with Crippen molar-refractivity contribution in [3.8, 4) is 11.8 Å². The van der Waals surface area contributed by atoms with Crippen LogP contribution in [0.2, 0.25) is 0 Å². The SMILES string of the molecule is CCOc1cc(/C=C(\C#N)C(=O)Nc2ccc(C)c(C)c2)cc(Br)c1Cc1ccccc1F. The van der Waals surface area contributed by atoms with E-state index in [0.717, 1.165) is 16.7 Å². The Balaban J connectivity index is 1.92. The largest absolute Gasteiger partial charge is 0.494 e. The Hall–Kier alpha value is -3.43. The number of anilines is 1. The van der Waals surface area contributed by atoms with Gasteiger partial charge in [0.05, 0.1) is 6.61 Å². The summed E-state index contributed by atoms with van der Waals surface area (Å²) in [5.41, 5.74) is 4.71. The molecular weight excluding hydrogens is 483 g/mol. The molecule has 0 aliphatic carbocycles. The number of halogens is 2. The van der Waals surface area contributed by atoms with Gasteiger partial charge in [-0.15, -0.1) is 0 Å². The highest BCUT2D eigenvalue weighted by Crippen LogP contribution is 2.33. The molecule has 33 heavy (non-hydrogen) atoms. The number of nitriles is 1. The van der Waals surface area contributed by atoms with Crippen LogP contribution in [-0.4, -0.2) is 12.5 Å². The minimum Gasteiger partial charge on any atom is -0.494 e. The van der Waals surface area contributed by atoms with Gasteiger partial charge in [0.25, 0.3) is 5.91 Å². The second-order valence-corrected chi connectivity index (χ2v) is 8.46. The van der Waals surface area contributed by atoms with E-state index in [-0.39, 0.29) is 11.4 Å².